The first-order chi connectivity index (χ1) is 8.92. The molecule has 0 unspecified atom stereocenters. The zero-order valence-corrected chi connectivity index (χ0v) is 10.3. The fraction of sp³-hybridized carbons (Fsp3) is 0.417. The van der Waals surface area contributed by atoms with E-state index in [2.05, 4.69) is 14.8 Å². The van der Waals surface area contributed by atoms with Crippen molar-refractivity contribution in [3.8, 4) is 5.75 Å². The van der Waals surface area contributed by atoms with Crippen LogP contribution in [0.1, 0.15) is 12.0 Å². The lowest BCUT2D eigenvalue weighted by molar-refractivity contribution is -0.274. The fourth-order valence-corrected chi connectivity index (χ4v) is 1.39. The zero-order chi connectivity index (χ0) is 14.3. The molecule has 19 heavy (non-hydrogen) atoms. The summed E-state index contributed by atoms with van der Waals surface area (Å²) in [5.74, 6) is -0.632. The van der Waals surface area contributed by atoms with Crippen molar-refractivity contribution in [3.05, 3.63) is 29.8 Å². The molecule has 0 bridgehead atoms. The molecule has 0 aliphatic heterocycles. The summed E-state index contributed by atoms with van der Waals surface area (Å²) >= 11 is 0. The van der Waals surface area contributed by atoms with Crippen LogP contribution in [0.5, 0.6) is 5.75 Å². The highest BCUT2D eigenvalue weighted by molar-refractivity contribution is 5.69. The maximum absolute atomic E-state index is 12.2. The molecule has 0 amide bonds. The number of nitrogens with one attached hydrogen (secondary N) is 1. The molecule has 4 nitrogen and oxygen atoms in total. The smallest absolute Gasteiger partial charge is 0.469 e. The first-order valence-corrected chi connectivity index (χ1v) is 5.53. The van der Waals surface area contributed by atoms with Gasteiger partial charge in [-0.2, -0.15) is 0 Å². The van der Waals surface area contributed by atoms with Gasteiger partial charge in [-0.05, 0) is 6.07 Å². The molecule has 0 saturated heterocycles. The van der Waals surface area contributed by atoms with Crippen molar-refractivity contribution in [2.24, 2.45) is 0 Å². The number of carbonyl (C=O) groups is 1. The Morgan fingerprint density at radius 3 is 2.63 bits per heavy atom. The number of hydrogen-bond donors (Lipinski definition) is 1. The van der Waals surface area contributed by atoms with Crippen LogP contribution < -0.4 is 10.1 Å². The van der Waals surface area contributed by atoms with Crippen molar-refractivity contribution in [3.63, 3.8) is 0 Å². The van der Waals surface area contributed by atoms with E-state index in [-0.39, 0.29) is 24.7 Å². The van der Waals surface area contributed by atoms with E-state index in [1.165, 1.54) is 25.3 Å². The van der Waals surface area contributed by atoms with Gasteiger partial charge in [0.1, 0.15) is 5.75 Å². The van der Waals surface area contributed by atoms with Crippen molar-refractivity contribution in [2.45, 2.75) is 19.3 Å². The lowest BCUT2D eigenvalue weighted by Crippen LogP contribution is -2.21. The van der Waals surface area contributed by atoms with Gasteiger partial charge in [0.15, 0.2) is 0 Å². The molecule has 7 heteroatoms. The van der Waals surface area contributed by atoms with Gasteiger partial charge >= 0.3 is 12.3 Å². The molecule has 1 aromatic carbocycles. The summed E-state index contributed by atoms with van der Waals surface area (Å²) in [4.78, 5) is 10.8. The van der Waals surface area contributed by atoms with Crippen LogP contribution in [0.15, 0.2) is 24.3 Å². The Hall–Kier alpha value is -1.76. The standard InChI is InChI=1S/C12H14F3NO3/c1-18-11(17)6-7-16-8-9-4-2-3-5-10(9)19-12(13,14)15/h2-5,16H,6-8H2,1H3. The molecule has 0 aliphatic rings. The van der Waals surface area contributed by atoms with E-state index >= 15 is 0 Å². The fourth-order valence-electron chi connectivity index (χ4n) is 1.39. The number of carbonyl (C=O) groups excluding carboxylic acids is 1. The van der Waals surface area contributed by atoms with Crippen molar-refractivity contribution in [1.29, 1.82) is 0 Å². The highest BCUT2D eigenvalue weighted by Gasteiger charge is 2.31. The van der Waals surface area contributed by atoms with E-state index in [0.29, 0.717) is 12.1 Å². The number of hydrogen-bond acceptors (Lipinski definition) is 4. The second kappa shape index (κ2) is 6.98. The van der Waals surface area contributed by atoms with Crippen LogP contribution in [0, 0.1) is 0 Å². The van der Waals surface area contributed by atoms with Gasteiger partial charge in [-0.1, -0.05) is 18.2 Å². The van der Waals surface area contributed by atoms with E-state index in [1.807, 2.05) is 0 Å². The number of esters is 1. The molecule has 0 saturated carbocycles. The van der Waals surface area contributed by atoms with Crippen LogP contribution in [0.3, 0.4) is 0 Å². The summed E-state index contributed by atoms with van der Waals surface area (Å²) in [5, 5.41) is 2.84. The molecule has 0 aromatic heterocycles. The summed E-state index contributed by atoms with van der Waals surface area (Å²) in [5.41, 5.74) is 0.365. The maximum Gasteiger partial charge on any atom is 0.573 e. The molecular formula is C12H14F3NO3. The zero-order valence-electron chi connectivity index (χ0n) is 10.3. The Morgan fingerprint density at radius 1 is 1.32 bits per heavy atom. The van der Waals surface area contributed by atoms with Gasteiger partial charge in [0.2, 0.25) is 0 Å². The van der Waals surface area contributed by atoms with Gasteiger partial charge in [0, 0.05) is 18.7 Å². The Balaban J connectivity index is 2.51. The molecular weight excluding hydrogens is 263 g/mol. The van der Waals surface area contributed by atoms with Crippen LogP contribution in [0.25, 0.3) is 0 Å². The third-order valence-electron chi connectivity index (χ3n) is 2.25. The maximum atomic E-state index is 12.2. The average Bonchev–Trinajstić information content (AvgIpc) is 2.34. The molecule has 0 aliphatic carbocycles. The van der Waals surface area contributed by atoms with E-state index in [4.69, 9.17) is 0 Å². The summed E-state index contributed by atoms with van der Waals surface area (Å²) in [6, 6.07) is 5.83. The number of methoxy groups -OCH3 is 1. The first-order valence-electron chi connectivity index (χ1n) is 5.53. The predicted octanol–water partition coefficient (Wildman–Crippen LogP) is 2.24. The molecule has 1 N–H and O–H groups in total. The Bertz CT molecular complexity index is 421. The molecule has 106 valence electrons. The number of para-hydroxylation sites is 1. The van der Waals surface area contributed by atoms with Crippen LogP contribution in [0.2, 0.25) is 0 Å². The van der Waals surface area contributed by atoms with E-state index in [9.17, 15) is 18.0 Å². The highest BCUT2D eigenvalue weighted by atomic mass is 19.4. The second-order valence-electron chi connectivity index (χ2n) is 3.66. The third kappa shape index (κ3) is 6.10. The van der Waals surface area contributed by atoms with Crippen molar-refractivity contribution >= 4 is 5.97 Å². The van der Waals surface area contributed by atoms with Gasteiger partial charge in [-0.15, -0.1) is 13.2 Å². The minimum Gasteiger partial charge on any atom is -0.469 e. The normalized spacial score (nSPS) is 11.2. The average molecular weight is 277 g/mol. The Labute approximate surface area is 108 Å². The monoisotopic (exact) mass is 277 g/mol. The van der Waals surface area contributed by atoms with Gasteiger partial charge in [-0.3, -0.25) is 4.79 Å². The number of halogens is 3. The highest BCUT2D eigenvalue weighted by Crippen LogP contribution is 2.25. The predicted molar refractivity (Wildman–Crippen MR) is 61.5 cm³/mol. The molecule has 0 spiro atoms. The van der Waals surface area contributed by atoms with Crippen LogP contribution >= 0.6 is 0 Å². The molecule has 0 radical (unpaired) electrons. The molecule has 1 rings (SSSR count). The van der Waals surface area contributed by atoms with Gasteiger partial charge in [0.05, 0.1) is 13.5 Å². The number of ether oxygens (including phenoxy) is 2. The van der Waals surface area contributed by atoms with Crippen LogP contribution in [0.4, 0.5) is 13.2 Å². The summed E-state index contributed by atoms with van der Waals surface area (Å²) in [6.07, 6.45) is -4.57. The third-order valence-corrected chi connectivity index (χ3v) is 2.25. The number of benzene rings is 1. The molecule has 1 aromatic rings. The second-order valence-corrected chi connectivity index (χ2v) is 3.66. The van der Waals surface area contributed by atoms with E-state index < -0.39 is 6.36 Å². The summed E-state index contributed by atoms with van der Waals surface area (Å²) in [7, 11) is 1.27. The van der Waals surface area contributed by atoms with Gasteiger partial charge in [-0.25, -0.2) is 0 Å². The van der Waals surface area contributed by atoms with Crippen LogP contribution in [-0.2, 0) is 16.1 Å². The summed E-state index contributed by atoms with van der Waals surface area (Å²) in [6.45, 7) is 0.482. The molecule has 0 fully saturated rings. The van der Waals surface area contributed by atoms with E-state index in [1.54, 1.807) is 6.07 Å². The van der Waals surface area contributed by atoms with Crippen molar-refractivity contribution < 1.29 is 27.4 Å². The largest absolute Gasteiger partial charge is 0.573 e. The van der Waals surface area contributed by atoms with E-state index in [0.717, 1.165) is 0 Å². The Kier molecular flexibility index (Phi) is 5.62. The van der Waals surface area contributed by atoms with Crippen molar-refractivity contribution in [1.82, 2.24) is 5.32 Å². The topological polar surface area (TPSA) is 47.6 Å². The SMILES string of the molecule is COC(=O)CCNCc1ccccc1OC(F)(F)F. The minimum atomic E-state index is -4.72. The Morgan fingerprint density at radius 2 is 2.00 bits per heavy atom. The number of rotatable bonds is 6. The van der Waals surface area contributed by atoms with Crippen molar-refractivity contribution in [2.75, 3.05) is 13.7 Å². The van der Waals surface area contributed by atoms with Gasteiger partial charge < -0.3 is 14.8 Å². The summed E-state index contributed by atoms with van der Waals surface area (Å²) < 4.78 is 44.8. The molecule has 0 heterocycles. The lowest BCUT2D eigenvalue weighted by Gasteiger charge is -2.13. The van der Waals surface area contributed by atoms with Gasteiger partial charge in [0.25, 0.3) is 0 Å². The molecule has 0 atom stereocenters. The number of alkyl halides is 3. The quantitative estimate of drug-likeness (QED) is 0.640. The minimum absolute atomic E-state index is 0.152. The first kappa shape index (κ1) is 15.3. The van der Waals surface area contributed by atoms with Crippen LogP contribution in [-0.4, -0.2) is 26.0 Å². The lowest BCUT2D eigenvalue weighted by atomic mass is 10.2.